The number of sulfonamides is 1. The van der Waals surface area contributed by atoms with E-state index in [2.05, 4.69) is 4.72 Å². The molecular weight excluding hydrogens is 276 g/mol. The molecule has 0 radical (unpaired) electrons. The Morgan fingerprint density at radius 1 is 1.25 bits per heavy atom. The Labute approximate surface area is 120 Å². The van der Waals surface area contributed by atoms with Crippen molar-refractivity contribution < 1.29 is 13.2 Å². The summed E-state index contributed by atoms with van der Waals surface area (Å²) in [4.78, 5) is 13.5. The molecule has 110 valence electrons. The van der Waals surface area contributed by atoms with Crippen LogP contribution in [0.2, 0.25) is 0 Å². The van der Waals surface area contributed by atoms with E-state index in [0.29, 0.717) is 13.0 Å². The largest absolute Gasteiger partial charge is 0.345 e. The minimum Gasteiger partial charge on any atom is -0.345 e. The van der Waals surface area contributed by atoms with Crippen molar-refractivity contribution in [1.29, 1.82) is 0 Å². The normalized spacial score (nSPS) is 19.9. The van der Waals surface area contributed by atoms with Gasteiger partial charge in [-0.05, 0) is 31.5 Å². The first-order valence-electron chi connectivity index (χ1n) is 6.66. The van der Waals surface area contributed by atoms with Crippen LogP contribution in [0.3, 0.4) is 0 Å². The van der Waals surface area contributed by atoms with Crippen LogP contribution in [0, 0.1) is 0 Å². The maximum absolute atomic E-state index is 12.0. The highest BCUT2D eigenvalue weighted by atomic mass is 32.2. The fraction of sp³-hybridized carbons (Fsp3) is 0.500. The Kier molecular flexibility index (Phi) is 4.15. The highest BCUT2D eigenvalue weighted by Crippen LogP contribution is 2.27. The smallest absolute Gasteiger partial charge is 0.240 e. The van der Waals surface area contributed by atoms with Crippen LogP contribution < -0.4 is 4.72 Å². The molecule has 0 aromatic heterocycles. The summed E-state index contributed by atoms with van der Waals surface area (Å²) in [5.74, 6) is 0.287. The molecule has 1 N–H and O–H groups in total. The number of benzene rings is 1. The molecule has 0 aliphatic carbocycles. The molecule has 6 heteroatoms. The van der Waals surface area contributed by atoms with E-state index in [1.165, 1.54) is 0 Å². The zero-order valence-corrected chi connectivity index (χ0v) is 12.8. The van der Waals surface area contributed by atoms with Crippen LogP contribution in [-0.2, 0) is 14.8 Å². The van der Waals surface area contributed by atoms with Gasteiger partial charge >= 0.3 is 0 Å². The van der Waals surface area contributed by atoms with Crippen molar-refractivity contribution in [2.24, 2.45) is 0 Å². The third-order valence-electron chi connectivity index (χ3n) is 3.39. The van der Waals surface area contributed by atoms with Gasteiger partial charge in [0.25, 0.3) is 0 Å². The van der Waals surface area contributed by atoms with Gasteiger partial charge < -0.3 is 4.90 Å². The molecule has 0 saturated carbocycles. The van der Waals surface area contributed by atoms with Crippen molar-refractivity contribution in [3.05, 3.63) is 29.8 Å². The molecule has 2 rings (SSSR count). The second kappa shape index (κ2) is 5.54. The van der Waals surface area contributed by atoms with E-state index in [1.54, 1.807) is 50.1 Å². The molecule has 1 saturated heterocycles. The van der Waals surface area contributed by atoms with Gasteiger partial charge in [-0.25, -0.2) is 13.1 Å². The maximum atomic E-state index is 12.0. The number of nitrogens with one attached hydrogen (secondary N) is 1. The second-order valence-corrected chi connectivity index (χ2v) is 7.23. The number of hydrogen-bond donors (Lipinski definition) is 1. The topological polar surface area (TPSA) is 66.5 Å². The highest BCUT2D eigenvalue weighted by Gasteiger charge is 2.28. The van der Waals surface area contributed by atoms with E-state index in [9.17, 15) is 13.2 Å². The van der Waals surface area contributed by atoms with Crippen LogP contribution in [0.25, 0.3) is 0 Å². The average Bonchev–Trinajstić information content (AvgIpc) is 2.68. The molecule has 1 aliphatic rings. The Morgan fingerprint density at radius 3 is 2.30 bits per heavy atom. The fourth-order valence-electron chi connectivity index (χ4n) is 2.38. The van der Waals surface area contributed by atoms with Crippen LogP contribution in [0.4, 0.5) is 0 Å². The van der Waals surface area contributed by atoms with Crippen molar-refractivity contribution in [1.82, 2.24) is 9.62 Å². The highest BCUT2D eigenvalue weighted by molar-refractivity contribution is 7.89. The molecule has 1 atom stereocenters. The lowest BCUT2D eigenvalue weighted by atomic mass is 9.98. The van der Waals surface area contributed by atoms with E-state index >= 15 is 0 Å². The molecule has 0 spiro atoms. The molecule has 20 heavy (non-hydrogen) atoms. The predicted molar refractivity (Wildman–Crippen MR) is 76.9 cm³/mol. The summed E-state index contributed by atoms with van der Waals surface area (Å²) in [6, 6.07) is 6.66. The Hall–Kier alpha value is -1.40. The summed E-state index contributed by atoms with van der Waals surface area (Å²) in [6.07, 6.45) is 0.493. The lowest BCUT2D eigenvalue weighted by molar-refractivity contribution is -0.126. The molecule has 1 aliphatic heterocycles. The standard InChI is InChI=1S/C14H20N2O3S/c1-10(2)15-20(18,19)13-6-4-11(5-7-13)12-8-14(17)16(3)9-12/h4-7,10,12,15H,8-9H2,1-3H3. The van der Waals surface area contributed by atoms with Crippen LogP contribution in [-0.4, -0.2) is 38.9 Å². The van der Waals surface area contributed by atoms with Gasteiger partial charge in [0.1, 0.15) is 0 Å². The molecule has 1 aromatic rings. The SMILES string of the molecule is CC(C)NS(=O)(=O)c1ccc(C2CC(=O)N(C)C2)cc1. The number of carbonyl (C=O) groups excluding carboxylic acids is 1. The first-order chi connectivity index (χ1) is 9.29. The minimum absolute atomic E-state index is 0.133. The third-order valence-corrected chi connectivity index (χ3v) is 5.07. The van der Waals surface area contributed by atoms with Gasteiger partial charge in [-0.3, -0.25) is 4.79 Å². The van der Waals surface area contributed by atoms with E-state index in [1.807, 2.05) is 0 Å². The van der Waals surface area contributed by atoms with Gasteiger partial charge in [0.05, 0.1) is 4.90 Å². The van der Waals surface area contributed by atoms with Crippen LogP contribution in [0.1, 0.15) is 31.7 Å². The Bertz CT molecular complexity index is 593. The molecule has 5 nitrogen and oxygen atoms in total. The van der Waals surface area contributed by atoms with E-state index in [0.717, 1.165) is 5.56 Å². The first kappa shape index (κ1) is 15.0. The maximum Gasteiger partial charge on any atom is 0.240 e. The molecule has 1 fully saturated rings. The van der Waals surface area contributed by atoms with Crippen molar-refractivity contribution in [3.63, 3.8) is 0 Å². The van der Waals surface area contributed by atoms with E-state index in [4.69, 9.17) is 0 Å². The number of likely N-dealkylation sites (tertiary alicyclic amines) is 1. The quantitative estimate of drug-likeness (QED) is 0.911. The van der Waals surface area contributed by atoms with Gasteiger partial charge in [-0.2, -0.15) is 0 Å². The Balaban J connectivity index is 2.17. The summed E-state index contributed by atoms with van der Waals surface area (Å²) in [5, 5.41) is 0. The van der Waals surface area contributed by atoms with Gasteiger partial charge in [-0.1, -0.05) is 12.1 Å². The fourth-order valence-corrected chi connectivity index (χ4v) is 3.64. The van der Waals surface area contributed by atoms with Crippen molar-refractivity contribution in [2.75, 3.05) is 13.6 Å². The number of amides is 1. The number of hydrogen-bond acceptors (Lipinski definition) is 3. The van der Waals surface area contributed by atoms with Gasteiger partial charge in [0, 0.05) is 32.0 Å². The third kappa shape index (κ3) is 3.19. The lowest BCUT2D eigenvalue weighted by Gasteiger charge is -2.12. The minimum atomic E-state index is -3.45. The summed E-state index contributed by atoms with van der Waals surface area (Å²) in [7, 11) is -1.66. The van der Waals surface area contributed by atoms with Crippen LogP contribution in [0.5, 0.6) is 0 Å². The van der Waals surface area contributed by atoms with Gasteiger partial charge in [0.15, 0.2) is 0 Å². The van der Waals surface area contributed by atoms with Crippen molar-refractivity contribution in [2.45, 2.75) is 37.1 Å². The van der Waals surface area contributed by atoms with Crippen molar-refractivity contribution in [3.8, 4) is 0 Å². The predicted octanol–water partition coefficient (Wildman–Crippen LogP) is 1.32. The summed E-state index contributed by atoms with van der Waals surface area (Å²) in [5.41, 5.74) is 1.01. The molecule has 1 aromatic carbocycles. The number of rotatable bonds is 4. The Morgan fingerprint density at radius 2 is 1.85 bits per heavy atom. The van der Waals surface area contributed by atoms with E-state index < -0.39 is 10.0 Å². The average molecular weight is 296 g/mol. The lowest BCUT2D eigenvalue weighted by Crippen LogP contribution is -2.30. The summed E-state index contributed by atoms with van der Waals surface area (Å²) in [6.45, 7) is 4.26. The molecule has 1 heterocycles. The first-order valence-corrected chi connectivity index (χ1v) is 8.14. The molecular formula is C14H20N2O3S. The van der Waals surface area contributed by atoms with Crippen molar-refractivity contribution >= 4 is 15.9 Å². The van der Waals surface area contributed by atoms with Crippen LogP contribution in [0.15, 0.2) is 29.2 Å². The monoisotopic (exact) mass is 296 g/mol. The number of likely N-dealkylation sites (N-methyl/N-ethyl adjacent to an activating group) is 1. The number of carbonyl (C=O) groups is 1. The molecule has 0 bridgehead atoms. The molecule has 1 unspecified atom stereocenters. The zero-order valence-electron chi connectivity index (χ0n) is 12.0. The van der Waals surface area contributed by atoms with Gasteiger partial charge in [0.2, 0.25) is 15.9 Å². The zero-order chi connectivity index (χ0) is 14.9. The summed E-state index contributed by atoms with van der Waals surface area (Å²) < 4.78 is 26.6. The number of nitrogens with zero attached hydrogens (tertiary/aromatic N) is 1. The van der Waals surface area contributed by atoms with Gasteiger partial charge in [-0.15, -0.1) is 0 Å². The summed E-state index contributed by atoms with van der Waals surface area (Å²) >= 11 is 0. The van der Waals surface area contributed by atoms with Crippen LogP contribution >= 0.6 is 0 Å². The molecule has 1 amide bonds. The second-order valence-electron chi connectivity index (χ2n) is 5.52. The van der Waals surface area contributed by atoms with E-state index in [-0.39, 0.29) is 22.8 Å².